The number of aromatic nitrogens is 3. The summed E-state index contributed by atoms with van der Waals surface area (Å²) in [6.45, 7) is 3.76. The lowest BCUT2D eigenvalue weighted by molar-refractivity contribution is 0.0946. The van der Waals surface area contributed by atoms with E-state index in [0.717, 1.165) is 0 Å². The Kier molecular flexibility index (Phi) is 3.55. The van der Waals surface area contributed by atoms with Crippen molar-refractivity contribution in [3.05, 3.63) is 30.4 Å². The maximum atomic E-state index is 12.1. The largest absolute Gasteiger partial charge is 0.409 e. The monoisotopic (exact) mass is 276 g/mol. The first kappa shape index (κ1) is 13.8. The molecule has 0 unspecified atom stereocenters. The van der Waals surface area contributed by atoms with Crippen molar-refractivity contribution < 1.29 is 10.0 Å². The summed E-state index contributed by atoms with van der Waals surface area (Å²) < 4.78 is 1.57. The second-order valence-electron chi connectivity index (χ2n) is 5.02. The second kappa shape index (κ2) is 5.16. The number of amides is 1. The molecule has 2 rings (SSSR count). The zero-order valence-electron chi connectivity index (χ0n) is 11.2. The van der Waals surface area contributed by atoms with Gasteiger partial charge in [-0.1, -0.05) is 19.0 Å². The normalized spacial score (nSPS) is 12.6. The molecule has 8 heteroatoms. The van der Waals surface area contributed by atoms with Crippen molar-refractivity contribution in [2.24, 2.45) is 16.3 Å². The molecule has 20 heavy (non-hydrogen) atoms. The van der Waals surface area contributed by atoms with Gasteiger partial charge in [-0.3, -0.25) is 9.78 Å². The van der Waals surface area contributed by atoms with Gasteiger partial charge in [-0.2, -0.15) is 5.10 Å². The third-order valence-corrected chi connectivity index (χ3v) is 3.06. The molecule has 4 N–H and O–H groups in total. The summed E-state index contributed by atoms with van der Waals surface area (Å²) in [6, 6.07) is 0. The Bertz CT molecular complexity index is 661. The standard InChI is InChI=1S/C12H16N6O2/c1-12(2,11(13)17-20)7-15-10(19)8-5-16-18-4-3-14-6-9(8)18/h3-6,20H,7H2,1-2H3,(H2,13,17)(H,15,19). The number of hydrogen-bond acceptors (Lipinski definition) is 5. The average Bonchev–Trinajstić information content (AvgIpc) is 2.88. The molecular formula is C12H16N6O2. The van der Waals surface area contributed by atoms with Crippen LogP contribution in [0.5, 0.6) is 0 Å². The van der Waals surface area contributed by atoms with Gasteiger partial charge in [-0.05, 0) is 0 Å². The van der Waals surface area contributed by atoms with Crippen molar-refractivity contribution in [3.8, 4) is 0 Å². The molecule has 8 nitrogen and oxygen atoms in total. The van der Waals surface area contributed by atoms with Gasteiger partial charge in [0.2, 0.25) is 0 Å². The molecule has 0 radical (unpaired) electrons. The number of nitrogens with one attached hydrogen (secondary N) is 1. The summed E-state index contributed by atoms with van der Waals surface area (Å²) in [4.78, 5) is 16.1. The highest BCUT2D eigenvalue weighted by molar-refractivity contribution is 6.00. The van der Waals surface area contributed by atoms with Gasteiger partial charge in [0.1, 0.15) is 5.84 Å². The van der Waals surface area contributed by atoms with Gasteiger partial charge in [0.25, 0.3) is 5.91 Å². The van der Waals surface area contributed by atoms with Crippen molar-refractivity contribution in [1.29, 1.82) is 0 Å². The van der Waals surface area contributed by atoms with Crippen molar-refractivity contribution in [2.45, 2.75) is 13.8 Å². The van der Waals surface area contributed by atoms with E-state index in [0.29, 0.717) is 11.1 Å². The first-order valence-electron chi connectivity index (χ1n) is 5.99. The Morgan fingerprint density at radius 2 is 2.30 bits per heavy atom. The number of hydrogen-bond donors (Lipinski definition) is 3. The van der Waals surface area contributed by atoms with Crippen LogP contribution in [0.15, 0.2) is 29.9 Å². The molecule has 2 aromatic heterocycles. The highest BCUT2D eigenvalue weighted by Gasteiger charge is 2.25. The van der Waals surface area contributed by atoms with E-state index in [4.69, 9.17) is 10.9 Å². The Hall–Kier alpha value is -2.64. The molecule has 1 amide bonds. The van der Waals surface area contributed by atoms with Crippen molar-refractivity contribution >= 4 is 17.3 Å². The van der Waals surface area contributed by atoms with Gasteiger partial charge < -0.3 is 16.3 Å². The van der Waals surface area contributed by atoms with Crippen molar-refractivity contribution in [3.63, 3.8) is 0 Å². The Balaban J connectivity index is 2.13. The first-order chi connectivity index (χ1) is 9.45. The molecular weight excluding hydrogens is 260 g/mol. The fourth-order valence-corrected chi connectivity index (χ4v) is 1.63. The Morgan fingerprint density at radius 1 is 1.55 bits per heavy atom. The van der Waals surface area contributed by atoms with Crippen LogP contribution in [0.1, 0.15) is 24.2 Å². The van der Waals surface area contributed by atoms with Crippen LogP contribution >= 0.6 is 0 Å². The van der Waals surface area contributed by atoms with Crippen molar-refractivity contribution in [1.82, 2.24) is 19.9 Å². The van der Waals surface area contributed by atoms with Gasteiger partial charge in [0.05, 0.1) is 23.5 Å². The predicted molar refractivity (Wildman–Crippen MR) is 72.5 cm³/mol. The van der Waals surface area contributed by atoms with E-state index in [9.17, 15) is 4.79 Å². The molecule has 0 saturated carbocycles. The van der Waals surface area contributed by atoms with E-state index < -0.39 is 5.41 Å². The second-order valence-corrected chi connectivity index (χ2v) is 5.02. The summed E-state index contributed by atoms with van der Waals surface area (Å²) in [7, 11) is 0. The van der Waals surface area contributed by atoms with Crippen molar-refractivity contribution in [2.75, 3.05) is 6.54 Å². The fourth-order valence-electron chi connectivity index (χ4n) is 1.63. The van der Waals surface area contributed by atoms with Gasteiger partial charge in [0.15, 0.2) is 0 Å². The average molecular weight is 276 g/mol. The SMILES string of the molecule is CC(C)(CNC(=O)c1cnn2ccncc12)/C(N)=N/O. The molecule has 2 heterocycles. The van der Waals surface area contributed by atoms with Crippen LogP contribution < -0.4 is 11.1 Å². The summed E-state index contributed by atoms with van der Waals surface area (Å²) in [5, 5.41) is 18.5. The van der Waals surface area contributed by atoms with Gasteiger partial charge >= 0.3 is 0 Å². The smallest absolute Gasteiger partial charge is 0.255 e. The fraction of sp³-hybridized carbons (Fsp3) is 0.333. The predicted octanol–water partition coefficient (Wildman–Crippen LogP) is 0.232. The van der Waals surface area contributed by atoms with E-state index in [2.05, 4.69) is 20.6 Å². The lowest BCUT2D eigenvalue weighted by Gasteiger charge is -2.22. The number of fused-ring (bicyclic) bond motifs is 1. The van der Waals surface area contributed by atoms with Crippen LogP contribution in [0.2, 0.25) is 0 Å². The quantitative estimate of drug-likeness (QED) is 0.320. The minimum atomic E-state index is -0.647. The molecule has 0 fully saturated rings. The van der Waals surface area contributed by atoms with Gasteiger partial charge in [-0.15, -0.1) is 0 Å². The minimum absolute atomic E-state index is 0.0549. The maximum absolute atomic E-state index is 12.1. The molecule has 0 spiro atoms. The zero-order valence-corrected chi connectivity index (χ0v) is 11.2. The van der Waals surface area contributed by atoms with E-state index in [1.807, 2.05) is 0 Å². The van der Waals surface area contributed by atoms with Crippen LogP contribution in [-0.2, 0) is 0 Å². The number of nitrogens with two attached hydrogens (primary N) is 1. The maximum Gasteiger partial charge on any atom is 0.255 e. The Morgan fingerprint density at radius 3 is 3.00 bits per heavy atom. The summed E-state index contributed by atoms with van der Waals surface area (Å²) in [6.07, 6.45) is 6.29. The minimum Gasteiger partial charge on any atom is -0.409 e. The van der Waals surface area contributed by atoms with E-state index >= 15 is 0 Å². The molecule has 0 aliphatic heterocycles. The molecule has 0 bridgehead atoms. The molecule has 0 aliphatic rings. The van der Waals surface area contributed by atoms with E-state index in [1.165, 1.54) is 6.20 Å². The number of nitrogens with zero attached hydrogens (tertiary/aromatic N) is 4. The lowest BCUT2D eigenvalue weighted by atomic mass is 9.92. The van der Waals surface area contributed by atoms with Gasteiger partial charge in [-0.25, -0.2) is 4.52 Å². The van der Waals surface area contributed by atoms with E-state index in [1.54, 1.807) is 37.0 Å². The lowest BCUT2D eigenvalue weighted by Crippen LogP contribution is -2.42. The molecule has 0 aromatic carbocycles. The Labute approximate surface area is 115 Å². The topological polar surface area (TPSA) is 118 Å². The first-order valence-corrected chi connectivity index (χ1v) is 5.99. The molecule has 0 atom stereocenters. The number of rotatable bonds is 4. The molecule has 106 valence electrons. The van der Waals surface area contributed by atoms with Crippen LogP contribution in [0.25, 0.3) is 5.52 Å². The number of oxime groups is 1. The van der Waals surface area contributed by atoms with Crippen LogP contribution in [0.4, 0.5) is 0 Å². The molecule has 2 aromatic rings. The summed E-state index contributed by atoms with van der Waals surface area (Å²) in [5.41, 5.74) is 5.96. The van der Waals surface area contributed by atoms with Crippen LogP contribution in [0, 0.1) is 5.41 Å². The number of amidine groups is 1. The highest BCUT2D eigenvalue weighted by atomic mass is 16.4. The zero-order chi connectivity index (χ0) is 14.8. The summed E-state index contributed by atoms with van der Waals surface area (Å²) >= 11 is 0. The van der Waals surface area contributed by atoms with Crippen LogP contribution in [-0.4, -0.2) is 38.1 Å². The molecule has 0 saturated heterocycles. The molecule has 0 aliphatic carbocycles. The van der Waals surface area contributed by atoms with Crippen LogP contribution in [0.3, 0.4) is 0 Å². The number of carbonyl (C=O) groups excluding carboxylic acids is 1. The van der Waals surface area contributed by atoms with E-state index in [-0.39, 0.29) is 18.3 Å². The third kappa shape index (κ3) is 2.53. The third-order valence-electron chi connectivity index (χ3n) is 3.06. The van der Waals surface area contributed by atoms with Gasteiger partial charge in [0, 0.05) is 24.4 Å². The summed E-state index contributed by atoms with van der Waals surface area (Å²) in [5.74, 6) is -0.230. The highest BCUT2D eigenvalue weighted by Crippen LogP contribution is 2.14. The number of carbonyl (C=O) groups is 1.